The molecule has 4 rings (SSSR count). The van der Waals surface area contributed by atoms with E-state index in [9.17, 15) is 24.6 Å². The van der Waals surface area contributed by atoms with Gasteiger partial charge in [0, 0.05) is 31.3 Å². The highest BCUT2D eigenvalue weighted by Crippen LogP contribution is 2.44. The summed E-state index contributed by atoms with van der Waals surface area (Å²) in [5.41, 5.74) is 4.52. The number of ether oxygens (including phenoxy) is 1. The average Bonchev–Trinajstić information content (AvgIpc) is 3.39. The third-order valence-electron chi connectivity index (χ3n) is 6.88. The van der Waals surface area contributed by atoms with Gasteiger partial charge in [0.15, 0.2) is 0 Å². The van der Waals surface area contributed by atoms with Gasteiger partial charge in [0.05, 0.1) is 6.10 Å². The van der Waals surface area contributed by atoms with Crippen LogP contribution in [-0.4, -0.2) is 64.4 Å². The Labute approximate surface area is 204 Å². The van der Waals surface area contributed by atoms with Crippen LogP contribution in [0.4, 0.5) is 4.79 Å². The van der Waals surface area contributed by atoms with Gasteiger partial charge in [-0.2, -0.15) is 0 Å². The van der Waals surface area contributed by atoms with E-state index < -0.39 is 36.2 Å². The normalized spacial score (nSPS) is 19.7. The second-order valence-corrected chi connectivity index (χ2v) is 9.30. The molecule has 3 N–H and O–H groups in total. The number of amides is 2. The molecule has 1 aliphatic heterocycles. The number of nitrogens with one attached hydrogen (secondary N) is 1. The number of alkyl carbamates (subject to hydrolysis) is 1. The van der Waals surface area contributed by atoms with Gasteiger partial charge in [-0.25, -0.2) is 9.59 Å². The first-order chi connectivity index (χ1) is 16.9. The van der Waals surface area contributed by atoms with Gasteiger partial charge in [-0.3, -0.25) is 4.79 Å². The number of fused-ring (bicyclic) bond motifs is 3. The number of hydrogen-bond donors (Lipinski definition) is 3. The van der Waals surface area contributed by atoms with Crippen LogP contribution in [0.5, 0.6) is 0 Å². The Balaban J connectivity index is 1.39. The molecule has 0 spiro atoms. The zero-order chi connectivity index (χ0) is 24.9. The van der Waals surface area contributed by atoms with Crippen LogP contribution in [0.25, 0.3) is 11.1 Å². The van der Waals surface area contributed by atoms with E-state index >= 15 is 0 Å². The predicted molar refractivity (Wildman–Crippen MR) is 130 cm³/mol. The van der Waals surface area contributed by atoms with E-state index in [1.807, 2.05) is 43.3 Å². The van der Waals surface area contributed by atoms with Crippen molar-refractivity contribution in [2.24, 2.45) is 0 Å². The molecule has 2 aromatic carbocycles. The highest BCUT2D eigenvalue weighted by Gasteiger charge is 2.39. The third-order valence-corrected chi connectivity index (χ3v) is 6.88. The second-order valence-electron chi connectivity index (χ2n) is 9.30. The van der Waals surface area contributed by atoms with E-state index in [0.29, 0.717) is 6.42 Å². The first kappa shape index (κ1) is 24.7. The van der Waals surface area contributed by atoms with Crippen molar-refractivity contribution in [1.82, 2.24) is 10.2 Å². The number of aliphatic hydroxyl groups excluding tert-OH is 1. The smallest absolute Gasteiger partial charge is 0.407 e. The van der Waals surface area contributed by atoms with Gasteiger partial charge in [-0.1, -0.05) is 68.3 Å². The van der Waals surface area contributed by atoms with Crippen LogP contribution in [0.1, 0.15) is 56.1 Å². The summed E-state index contributed by atoms with van der Waals surface area (Å²) in [6.45, 7) is 2.18. The first-order valence-electron chi connectivity index (χ1n) is 12.2. The molecule has 1 aliphatic carbocycles. The minimum atomic E-state index is -1.13. The molecule has 1 saturated heterocycles. The Bertz CT molecular complexity index is 1040. The molecule has 1 fully saturated rings. The summed E-state index contributed by atoms with van der Waals surface area (Å²) in [6, 6.07) is 14.7. The molecule has 2 aliphatic rings. The van der Waals surface area contributed by atoms with Crippen molar-refractivity contribution in [3.8, 4) is 11.1 Å². The molecule has 8 heteroatoms. The van der Waals surface area contributed by atoms with Crippen molar-refractivity contribution in [1.29, 1.82) is 0 Å². The number of carbonyl (C=O) groups is 3. The molecular formula is C27H32N2O6. The van der Waals surface area contributed by atoms with Crippen LogP contribution < -0.4 is 5.32 Å². The molecule has 0 bridgehead atoms. The lowest BCUT2D eigenvalue weighted by atomic mass is 9.98. The lowest BCUT2D eigenvalue weighted by molar-refractivity contribution is -0.148. The van der Waals surface area contributed by atoms with Gasteiger partial charge in [-0.15, -0.1) is 0 Å². The molecule has 186 valence electrons. The van der Waals surface area contributed by atoms with Gasteiger partial charge >= 0.3 is 12.1 Å². The zero-order valence-electron chi connectivity index (χ0n) is 19.9. The van der Waals surface area contributed by atoms with E-state index in [-0.39, 0.29) is 31.9 Å². The van der Waals surface area contributed by atoms with Crippen molar-refractivity contribution in [2.75, 3.05) is 13.2 Å². The van der Waals surface area contributed by atoms with Crippen molar-refractivity contribution in [3.05, 3.63) is 59.7 Å². The molecule has 1 unspecified atom stereocenters. The largest absolute Gasteiger partial charge is 0.480 e. The topological polar surface area (TPSA) is 116 Å². The average molecular weight is 481 g/mol. The number of carbonyl (C=O) groups excluding carboxylic acids is 2. The molecule has 8 nitrogen and oxygen atoms in total. The lowest BCUT2D eigenvalue weighted by Crippen LogP contribution is -2.45. The van der Waals surface area contributed by atoms with E-state index in [4.69, 9.17) is 4.74 Å². The first-order valence-corrected chi connectivity index (χ1v) is 12.2. The van der Waals surface area contributed by atoms with Crippen LogP contribution in [-0.2, 0) is 14.3 Å². The highest BCUT2D eigenvalue weighted by atomic mass is 16.5. The summed E-state index contributed by atoms with van der Waals surface area (Å²) in [6.07, 6.45) is 0.771. The van der Waals surface area contributed by atoms with Gasteiger partial charge in [-0.05, 0) is 28.7 Å². The van der Waals surface area contributed by atoms with Crippen LogP contribution in [0, 0.1) is 0 Å². The Morgan fingerprint density at radius 2 is 1.71 bits per heavy atom. The second kappa shape index (κ2) is 10.9. The number of aliphatic carboxylic acids is 1. The standard InChI is InChI=1S/C27H32N2O6/c1-2-3-8-17(13-25(31)29-15-18(30)14-24(29)26(32)33)28-27(34)35-16-23-21-11-6-4-9-19(21)20-10-5-7-12-22(20)23/h4-7,9-12,17-18,23-24,30H,2-3,8,13-16H2,1H3,(H,28,34)(H,32,33)/t17-,18?,24+/m1/s1. The predicted octanol–water partition coefficient (Wildman–Crippen LogP) is 3.52. The number of carboxylic acid groups (broad SMARTS) is 1. The van der Waals surface area contributed by atoms with E-state index in [0.717, 1.165) is 35.1 Å². The van der Waals surface area contributed by atoms with Crippen LogP contribution in [0.2, 0.25) is 0 Å². The summed E-state index contributed by atoms with van der Waals surface area (Å²) < 4.78 is 5.62. The Kier molecular flexibility index (Phi) is 7.70. The molecule has 1 heterocycles. The number of hydrogen-bond acceptors (Lipinski definition) is 5. The molecule has 0 saturated carbocycles. The number of nitrogens with zero attached hydrogens (tertiary/aromatic N) is 1. The van der Waals surface area contributed by atoms with Gasteiger partial charge in [0.25, 0.3) is 0 Å². The van der Waals surface area contributed by atoms with Crippen LogP contribution in [0.15, 0.2) is 48.5 Å². The summed E-state index contributed by atoms with van der Waals surface area (Å²) in [5.74, 6) is -1.59. The summed E-state index contributed by atoms with van der Waals surface area (Å²) in [7, 11) is 0. The summed E-state index contributed by atoms with van der Waals surface area (Å²) in [5, 5.41) is 22.1. The monoisotopic (exact) mass is 480 g/mol. The zero-order valence-corrected chi connectivity index (χ0v) is 19.9. The minimum absolute atomic E-state index is 0.0127. The SMILES string of the molecule is CCCC[C@H](CC(=O)N1CC(O)C[C@H]1C(=O)O)NC(=O)OCC1c2ccccc2-c2ccccc21. The highest BCUT2D eigenvalue weighted by molar-refractivity contribution is 5.85. The van der Waals surface area contributed by atoms with Crippen LogP contribution >= 0.6 is 0 Å². The fraction of sp³-hybridized carbons (Fsp3) is 0.444. The van der Waals surface area contributed by atoms with Crippen molar-refractivity contribution in [2.45, 2.75) is 63.1 Å². The molecule has 3 atom stereocenters. The maximum absolute atomic E-state index is 12.9. The molecule has 35 heavy (non-hydrogen) atoms. The van der Waals surface area contributed by atoms with Gasteiger partial charge in [0.2, 0.25) is 5.91 Å². The molecule has 2 amide bonds. The number of likely N-dealkylation sites (tertiary alicyclic amines) is 1. The third kappa shape index (κ3) is 5.48. The van der Waals surface area contributed by atoms with Crippen molar-refractivity contribution < 1.29 is 29.3 Å². The van der Waals surface area contributed by atoms with E-state index in [1.54, 1.807) is 0 Å². The van der Waals surface area contributed by atoms with E-state index in [2.05, 4.69) is 17.4 Å². The summed E-state index contributed by atoms with van der Waals surface area (Å²) in [4.78, 5) is 38.3. The Morgan fingerprint density at radius 1 is 1.09 bits per heavy atom. The van der Waals surface area contributed by atoms with Crippen molar-refractivity contribution in [3.63, 3.8) is 0 Å². The van der Waals surface area contributed by atoms with Gasteiger partial charge < -0.3 is 25.2 Å². The van der Waals surface area contributed by atoms with Crippen molar-refractivity contribution >= 4 is 18.0 Å². The number of rotatable bonds is 9. The minimum Gasteiger partial charge on any atom is -0.480 e. The number of unbranched alkanes of at least 4 members (excludes halogenated alkanes) is 1. The maximum atomic E-state index is 12.9. The summed E-state index contributed by atoms with van der Waals surface area (Å²) >= 11 is 0. The van der Waals surface area contributed by atoms with Crippen LogP contribution in [0.3, 0.4) is 0 Å². The Hall–Kier alpha value is -3.39. The molecule has 0 aromatic heterocycles. The molecular weight excluding hydrogens is 448 g/mol. The fourth-order valence-electron chi connectivity index (χ4n) is 5.13. The fourth-order valence-corrected chi connectivity index (χ4v) is 5.13. The number of aliphatic hydroxyl groups is 1. The van der Waals surface area contributed by atoms with E-state index in [1.165, 1.54) is 4.90 Å². The van der Waals surface area contributed by atoms with Gasteiger partial charge in [0.1, 0.15) is 12.6 Å². The molecule has 0 radical (unpaired) electrons. The number of carboxylic acids is 1. The Morgan fingerprint density at radius 3 is 2.31 bits per heavy atom. The quantitative estimate of drug-likeness (QED) is 0.506. The lowest BCUT2D eigenvalue weighted by Gasteiger charge is -2.25. The number of β-amino-alcohol motifs (C(OH)–C–C–N with tert-alkyl or cyclic N) is 1. The maximum Gasteiger partial charge on any atom is 0.407 e. The molecule has 2 aromatic rings. The number of benzene rings is 2.